The summed E-state index contributed by atoms with van der Waals surface area (Å²) in [7, 11) is 0. The van der Waals surface area contributed by atoms with Gasteiger partial charge >= 0.3 is 6.01 Å². The van der Waals surface area contributed by atoms with Gasteiger partial charge in [-0.1, -0.05) is 121 Å². The summed E-state index contributed by atoms with van der Waals surface area (Å²) in [6, 6.07) is 66.4. The van der Waals surface area contributed by atoms with E-state index >= 15 is 0 Å². The normalized spacial score (nSPS) is 13.7. The molecule has 1 spiro atoms. The fourth-order valence-corrected chi connectivity index (χ4v) is 9.97. The van der Waals surface area contributed by atoms with Crippen molar-refractivity contribution in [2.45, 2.75) is 5.54 Å². The number of hydrogen-bond acceptors (Lipinski definition) is 2. The first kappa shape index (κ1) is 29.1. The van der Waals surface area contributed by atoms with Crippen molar-refractivity contribution >= 4 is 54.6 Å². The van der Waals surface area contributed by atoms with Crippen LogP contribution in [0.15, 0.2) is 182 Å². The molecule has 0 N–H and O–H groups in total. The number of nitrogens with zero attached hydrogens (tertiary/aromatic N) is 4. The highest BCUT2D eigenvalue weighted by Gasteiger charge is 2.52. The molecule has 8 aromatic carbocycles. The molecule has 256 valence electrons. The third-order valence-corrected chi connectivity index (χ3v) is 12.1. The Hall–Kier alpha value is -7.37. The van der Waals surface area contributed by atoms with E-state index in [1.807, 2.05) is 6.07 Å². The van der Waals surface area contributed by atoms with E-state index in [9.17, 15) is 0 Å². The topological polar surface area (TPSA) is 36.9 Å². The number of fused-ring (bicyclic) bond motifs is 17. The first-order chi connectivity index (χ1) is 27.3. The Balaban J connectivity index is 1.07. The minimum Gasteiger partial charge on any atom is -0.425 e. The average Bonchev–Trinajstić information content (AvgIpc) is 3.97. The van der Waals surface area contributed by atoms with Crippen LogP contribution in [0, 0.1) is 0 Å². The Morgan fingerprint density at radius 3 is 1.55 bits per heavy atom. The first-order valence-corrected chi connectivity index (χ1v) is 18.8. The van der Waals surface area contributed by atoms with Gasteiger partial charge in [-0.2, -0.15) is 4.98 Å². The number of hydrogen-bond donors (Lipinski definition) is 0. The maximum absolute atomic E-state index is 6.93. The van der Waals surface area contributed by atoms with Crippen LogP contribution in [0.2, 0.25) is 0 Å². The molecule has 11 aromatic rings. The standard InChI is InChI=1S/C50H30N4O/c1-6-18-39-33(13-1)34-14-2-7-19-40(34)50(39)41-27-25-32(30-48(41)55-49-51-42-20-8-12-24-47(42)54(49)50)53-45-23-11-5-17-37(45)38-29-31(26-28-46(38)53)52-43-21-9-3-15-35(43)36-16-4-10-22-44(36)52/h1-30H. The molecule has 0 saturated carbocycles. The van der Waals surface area contributed by atoms with Crippen LogP contribution < -0.4 is 4.74 Å². The number of imidazole rings is 1. The van der Waals surface area contributed by atoms with E-state index in [-0.39, 0.29) is 0 Å². The molecule has 0 atom stereocenters. The van der Waals surface area contributed by atoms with Gasteiger partial charge in [-0.25, -0.2) is 0 Å². The van der Waals surface area contributed by atoms with Gasteiger partial charge < -0.3 is 13.9 Å². The quantitative estimate of drug-likeness (QED) is 0.180. The van der Waals surface area contributed by atoms with Crippen molar-refractivity contribution in [3.63, 3.8) is 0 Å². The largest absolute Gasteiger partial charge is 0.425 e. The molecule has 3 aromatic heterocycles. The molecule has 13 rings (SSSR count). The van der Waals surface area contributed by atoms with Crippen molar-refractivity contribution in [1.82, 2.24) is 18.7 Å². The van der Waals surface area contributed by atoms with Crippen molar-refractivity contribution < 1.29 is 4.74 Å². The van der Waals surface area contributed by atoms with Crippen LogP contribution >= 0.6 is 0 Å². The molecule has 0 fully saturated rings. The molecule has 1 aliphatic heterocycles. The zero-order valence-electron chi connectivity index (χ0n) is 29.5. The molecule has 0 saturated heterocycles. The molecule has 4 heterocycles. The fraction of sp³-hybridized carbons (Fsp3) is 0.0200. The van der Waals surface area contributed by atoms with Crippen LogP contribution in [-0.4, -0.2) is 18.7 Å². The van der Waals surface area contributed by atoms with Crippen LogP contribution in [0.4, 0.5) is 0 Å². The van der Waals surface area contributed by atoms with Gasteiger partial charge in [-0.3, -0.25) is 4.57 Å². The molecule has 2 aliphatic rings. The second kappa shape index (κ2) is 10.4. The highest BCUT2D eigenvalue weighted by Crippen LogP contribution is 2.59. The molecule has 5 nitrogen and oxygen atoms in total. The van der Waals surface area contributed by atoms with E-state index < -0.39 is 5.54 Å². The van der Waals surface area contributed by atoms with Crippen LogP contribution in [0.5, 0.6) is 11.8 Å². The summed E-state index contributed by atoms with van der Waals surface area (Å²) in [5, 5.41) is 4.92. The smallest absolute Gasteiger partial charge is 0.304 e. The minimum atomic E-state index is -0.664. The van der Waals surface area contributed by atoms with Crippen molar-refractivity contribution in [1.29, 1.82) is 0 Å². The summed E-state index contributed by atoms with van der Waals surface area (Å²) < 4.78 is 14.0. The van der Waals surface area contributed by atoms with Crippen LogP contribution in [0.3, 0.4) is 0 Å². The summed E-state index contributed by atoms with van der Waals surface area (Å²) in [4.78, 5) is 5.12. The van der Waals surface area contributed by atoms with Gasteiger partial charge in [0.2, 0.25) is 0 Å². The lowest BCUT2D eigenvalue weighted by molar-refractivity contribution is 0.340. The number of ether oxygens (including phenoxy) is 1. The van der Waals surface area contributed by atoms with E-state index in [4.69, 9.17) is 9.72 Å². The SMILES string of the molecule is c1ccc2c(c1)-c1ccccc1C21c2ccc(-n3c4ccccc4c4cc(-n5c6ccccc6c6ccccc65)ccc43)cc2Oc2nc3ccccc3n21. The predicted octanol–water partition coefficient (Wildman–Crippen LogP) is 12.2. The Bertz CT molecular complexity index is 3330. The van der Waals surface area contributed by atoms with Gasteiger partial charge in [-0.05, 0) is 76.9 Å². The van der Waals surface area contributed by atoms with Crippen molar-refractivity contribution in [3.05, 3.63) is 199 Å². The minimum absolute atomic E-state index is 0.593. The van der Waals surface area contributed by atoms with Crippen molar-refractivity contribution in [2.24, 2.45) is 0 Å². The molecular formula is C50H30N4O. The van der Waals surface area contributed by atoms with Gasteiger partial charge in [0.05, 0.1) is 33.1 Å². The molecule has 5 heteroatoms. The first-order valence-electron chi connectivity index (χ1n) is 18.8. The Morgan fingerprint density at radius 2 is 0.891 bits per heavy atom. The fourth-order valence-electron chi connectivity index (χ4n) is 9.97. The molecule has 1 aliphatic carbocycles. The second-order valence-corrected chi connectivity index (χ2v) is 14.7. The number of aromatic nitrogens is 4. The van der Waals surface area contributed by atoms with E-state index in [2.05, 4.69) is 190 Å². The number of rotatable bonds is 2. The lowest BCUT2D eigenvalue weighted by Crippen LogP contribution is -2.38. The third-order valence-electron chi connectivity index (χ3n) is 12.1. The molecule has 0 amide bonds. The summed E-state index contributed by atoms with van der Waals surface area (Å²) in [5.74, 6) is 0.805. The van der Waals surface area contributed by atoms with Crippen LogP contribution in [0.25, 0.3) is 77.1 Å². The molecule has 55 heavy (non-hydrogen) atoms. The second-order valence-electron chi connectivity index (χ2n) is 14.7. The highest BCUT2D eigenvalue weighted by atomic mass is 16.5. The molecule has 0 radical (unpaired) electrons. The Labute approximate surface area is 315 Å². The zero-order chi connectivity index (χ0) is 35.8. The summed E-state index contributed by atoms with van der Waals surface area (Å²) in [5.41, 5.74) is 14.2. The lowest BCUT2D eigenvalue weighted by atomic mass is 9.79. The summed E-state index contributed by atoms with van der Waals surface area (Å²) in [6.45, 7) is 0. The zero-order valence-corrected chi connectivity index (χ0v) is 29.5. The van der Waals surface area contributed by atoms with Crippen LogP contribution in [-0.2, 0) is 5.54 Å². The maximum atomic E-state index is 6.93. The Kier molecular flexibility index (Phi) is 5.51. The maximum Gasteiger partial charge on any atom is 0.304 e. The van der Waals surface area contributed by atoms with Gasteiger partial charge in [0.25, 0.3) is 0 Å². The lowest BCUT2D eigenvalue weighted by Gasteiger charge is -2.39. The van der Waals surface area contributed by atoms with E-state index in [1.54, 1.807) is 0 Å². The van der Waals surface area contributed by atoms with Crippen molar-refractivity contribution in [3.8, 4) is 34.3 Å². The molecule has 0 bridgehead atoms. The average molecular weight is 703 g/mol. The van der Waals surface area contributed by atoms with Gasteiger partial charge in [0.1, 0.15) is 11.3 Å². The summed E-state index contributed by atoms with van der Waals surface area (Å²) in [6.07, 6.45) is 0. The molecular weight excluding hydrogens is 673 g/mol. The van der Waals surface area contributed by atoms with E-state index in [0.717, 1.165) is 44.8 Å². The number of para-hydroxylation sites is 5. The van der Waals surface area contributed by atoms with E-state index in [0.29, 0.717) is 6.01 Å². The van der Waals surface area contributed by atoms with Gasteiger partial charge in [0.15, 0.2) is 0 Å². The van der Waals surface area contributed by atoms with Crippen molar-refractivity contribution in [2.75, 3.05) is 0 Å². The summed E-state index contributed by atoms with van der Waals surface area (Å²) >= 11 is 0. The third kappa shape index (κ3) is 3.60. The monoisotopic (exact) mass is 702 g/mol. The van der Waals surface area contributed by atoms with Crippen LogP contribution in [0.1, 0.15) is 16.7 Å². The predicted molar refractivity (Wildman–Crippen MR) is 222 cm³/mol. The number of benzene rings is 8. The highest BCUT2D eigenvalue weighted by molar-refractivity contribution is 6.12. The Morgan fingerprint density at radius 1 is 0.400 bits per heavy atom. The van der Waals surface area contributed by atoms with Gasteiger partial charge in [0, 0.05) is 44.5 Å². The van der Waals surface area contributed by atoms with E-state index in [1.165, 1.54) is 54.8 Å². The van der Waals surface area contributed by atoms with Gasteiger partial charge in [-0.15, -0.1) is 0 Å². The molecule has 0 unspecified atom stereocenters.